The van der Waals surface area contributed by atoms with Gasteiger partial charge in [0.05, 0.1) is 24.5 Å². The standard InChI is InChI=1S/C26H35N3O6S/c1-7-27(8-2)36(33,34)24-15-20(10-12-23(24)35-6)19-9-11-21-22(14-19)28(26(31)32)16-18(5)29(21)25(30)13-17(3)4/h9-12,14-15,17-18H,7-8,13,16H2,1-6H3,(H,31,32)/t18-/m0/s1. The minimum Gasteiger partial charge on any atom is -0.495 e. The normalized spacial score (nSPS) is 15.8. The van der Waals surface area contributed by atoms with Crippen molar-refractivity contribution in [3.63, 3.8) is 0 Å². The molecular weight excluding hydrogens is 482 g/mol. The molecule has 0 spiro atoms. The molecule has 2 aromatic rings. The minimum atomic E-state index is -3.80. The summed E-state index contributed by atoms with van der Waals surface area (Å²) in [5.74, 6) is 0.332. The summed E-state index contributed by atoms with van der Waals surface area (Å²) in [6.07, 6.45) is -0.764. The molecule has 36 heavy (non-hydrogen) atoms. The topological polar surface area (TPSA) is 107 Å². The highest BCUT2D eigenvalue weighted by Crippen LogP contribution is 2.40. The van der Waals surface area contributed by atoms with Gasteiger partial charge in [0.1, 0.15) is 10.6 Å². The van der Waals surface area contributed by atoms with E-state index < -0.39 is 16.1 Å². The monoisotopic (exact) mass is 517 g/mol. The average molecular weight is 518 g/mol. The molecule has 0 aromatic heterocycles. The third kappa shape index (κ3) is 5.19. The Hall–Kier alpha value is -3.11. The quantitative estimate of drug-likeness (QED) is 0.546. The van der Waals surface area contributed by atoms with Gasteiger partial charge < -0.3 is 14.7 Å². The molecule has 0 saturated heterocycles. The molecule has 2 amide bonds. The van der Waals surface area contributed by atoms with Crippen LogP contribution in [0.15, 0.2) is 41.3 Å². The predicted octanol–water partition coefficient (Wildman–Crippen LogP) is 4.66. The lowest BCUT2D eigenvalue weighted by atomic mass is 9.99. The van der Waals surface area contributed by atoms with Gasteiger partial charge in [-0.25, -0.2) is 13.2 Å². The van der Waals surface area contributed by atoms with Crippen LogP contribution in [-0.2, 0) is 14.8 Å². The van der Waals surface area contributed by atoms with Crippen LogP contribution >= 0.6 is 0 Å². The molecule has 0 radical (unpaired) electrons. The number of hydrogen-bond donors (Lipinski definition) is 1. The van der Waals surface area contributed by atoms with Crippen molar-refractivity contribution in [3.8, 4) is 16.9 Å². The number of ether oxygens (including phenoxy) is 1. The van der Waals surface area contributed by atoms with Gasteiger partial charge in [0.2, 0.25) is 15.9 Å². The van der Waals surface area contributed by atoms with E-state index in [4.69, 9.17) is 4.74 Å². The van der Waals surface area contributed by atoms with Gasteiger partial charge in [-0.05, 0) is 48.2 Å². The van der Waals surface area contributed by atoms with E-state index in [-0.39, 0.29) is 35.1 Å². The average Bonchev–Trinajstić information content (AvgIpc) is 2.82. The van der Waals surface area contributed by atoms with Gasteiger partial charge in [0, 0.05) is 26.1 Å². The molecule has 0 fully saturated rings. The Kier molecular flexibility index (Phi) is 8.30. The fraction of sp³-hybridized carbons (Fsp3) is 0.462. The number of amides is 2. The van der Waals surface area contributed by atoms with Crippen LogP contribution in [0.4, 0.5) is 16.2 Å². The molecule has 10 heteroatoms. The molecule has 0 saturated carbocycles. The molecular formula is C26H35N3O6S. The largest absolute Gasteiger partial charge is 0.495 e. The lowest BCUT2D eigenvalue weighted by molar-refractivity contribution is -0.119. The lowest BCUT2D eigenvalue weighted by Crippen LogP contribution is -2.51. The van der Waals surface area contributed by atoms with Gasteiger partial charge in [0.25, 0.3) is 0 Å². The Bertz CT molecular complexity index is 1240. The van der Waals surface area contributed by atoms with Crippen molar-refractivity contribution < 1.29 is 27.9 Å². The summed E-state index contributed by atoms with van der Waals surface area (Å²) < 4.78 is 33.3. The van der Waals surface area contributed by atoms with Gasteiger partial charge in [0.15, 0.2) is 0 Å². The summed E-state index contributed by atoms with van der Waals surface area (Å²) in [5, 5.41) is 9.89. The summed E-state index contributed by atoms with van der Waals surface area (Å²) in [6, 6.07) is 9.77. The highest BCUT2D eigenvalue weighted by Gasteiger charge is 2.35. The summed E-state index contributed by atoms with van der Waals surface area (Å²) >= 11 is 0. The first-order chi connectivity index (χ1) is 17.0. The van der Waals surface area contributed by atoms with Crippen LogP contribution in [-0.4, -0.2) is 62.6 Å². The maximum atomic E-state index is 13.3. The zero-order chi connectivity index (χ0) is 26.8. The van der Waals surface area contributed by atoms with Crippen LogP contribution in [0.25, 0.3) is 11.1 Å². The zero-order valence-corrected chi connectivity index (χ0v) is 22.5. The number of methoxy groups -OCH3 is 1. The summed E-state index contributed by atoms with van der Waals surface area (Å²) in [6.45, 7) is 10.1. The number of carboxylic acid groups (broad SMARTS) is 1. The van der Waals surface area contributed by atoms with Crippen LogP contribution in [0, 0.1) is 5.92 Å². The van der Waals surface area contributed by atoms with Crippen molar-refractivity contribution in [1.29, 1.82) is 0 Å². The molecule has 9 nitrogen and oxygen atoms in total. The highest BCUT2D eigenvalue weighted by molar-refractivity contribution is 7.89. The van der Waals surface area contributed by atoms with Gasteiger partial charge in [-0.1, -0.05) is 39.8 Å². The Morgan fingerprint density at radius 3 is 2.25 bits per heavy atom. The van der Waals surface area contributed by atoms with Crippen molar-refractivity contribution in [3.05, 3.63) is 36.4 Å². The van der Waals surface area contributed by atoms with Crippen LogP contribution in [0.2, 0.25) is 0 Å². The first kappa shape index (κ1) is 27.5. The maximum absolute atomic E-state index is 13.3. The minimum absolute atomic E-state index is 0.0429. The van der Waals surface area contributed by atoms with Crippen LogP contribution in [0.5, 0.6) is 5.75 Å². The Labute approximate surface area is 213 Å². The number of rotatable bonds is 8. The van der Waals surface area contributed by atoms with Crippen molar-refractivity contribution in [1.82, 2.24) is 4.31 Å². The van der Waals surface area contributed by atoms with E-state index in [1.807, 2.05) is 20.8 Å². The van der Waals surface area contributed by atoms with Gasteiger partial charge in [-0.3, -0.25) is 9.69 Å². The first-order valence-electron chi connectivity index (χ1n) is 12.1. The van der Waals surface area contributed by atoms with E-state index in [0.717, 1.165) is 0 Å². The molecule has 1 aliphatic heterocycles. The van der Waals surface area contributed by atoms with Crippen LogP contribution < -0.4 is 14.5 Å². The maximum Gasteiger partial charge on any atom is 0.411 e. The number of sulfonamides is 1. The molecule has 1 atom stereocenters. The Balaban J connectivity index is 2.16. The molecule has 0 unspecified atom stereocenters. The van der Waals surface area contributed by atoms with E-state index >= 15 is 0 Å². The van der Waals surface area contributed by atoms with Crippen molar-refractivity contribution in [2.24, 2.45) is 5.92 Å². The highest BCUT2D eigenvalue weighted by atomic mass is 32.2. The number of fused-ring (bicyclic) bond motifs is 1. The fourth-order valence-corrected chi connectivity index (χ4v) is 6.21. The second-order valence-electron chi connectivity index (χ2n) is 9.26. The molecule has 0 bridgehead atoms. The summed E-state index contributed by atoms with van der Waals surface area (Å²) in [5.41, 5.74) is 2.13. The SMILES string of the molecule is CCN(CC)S(=O)(=O)c1cc(-c2ccc3c(c2)N(C(=O)O)C[C@H](C)N3C(=O)CC(C)C)ccc1OC. The molecule has 1 aliphatic rings. The Morgan fingerprint density at radius 2 is 1.69 bits per heavy atom. The van der Waals surface area contributed by atoms with Crippen LogP contribution in [0.3, 0.4) is 0 Å². The molecule has 3 rings (SSSR count). The van der Waals surface area contributed by atoms with E-state index in [1.54, 1.807) is 55.1 Å². The number of carbonyl (C=O) groups excluding carboxylic acids is 1. The molecule has 1 heterocycles. The van der Waals surface area contributed by atoms with Crippen molar-refractivity contribution in [2.75, 3.05) is 36.5 Å². The third-order valence-corrected chi connectivity index (χ3v) is 8.39. The zero-order valence-electron chi connectivity index (χ0n) is 21.7. The van der Waals surface area contributed by atoms with Crippen molar-refractivity contribution in [2.45, 2.75) is 52.0 Å². The fourth-order valence-electron chi connectivity index (χ4n) is 4.57. The first-order valence-corrected chi connectivity index (χ1v) is 13.5. The summed E-state index contributed by atoms with van der Waals surface area (Å²) in [4.78, 5) is 28.1. The third-order valence-electron chi connectivity index (χ3n) is 6.32. The van der Waals surface area contributed by atoms with Gasteiger partial charge in [-0.15, -0.1) is 0 Å². The second-order valence-corrected chi connectivity index (χ2v) is 11.2. The van der Waals surface area contributed by atoms with E-state index in [9.17, 15) is 23.1 Å². The number of benzene rings is 2. The van der Waals surface area contributed by atoms with Gasteiger partial charge >= 0.3 is 6.09 Å². The van der Waals surface area contributed by atoms with E-state index in [2.05, 4.69) is 0 Å². The van der Waals surface area contributed by atoms with E-state index in [1.165, 1.54) is 16.3 Å². The predicted molar refractivity (Wildman–Crippen MR) is 140 cm³/mol. The Morgan fingerprint density at radius 1 is 1.08 bits per heavy atom. The van der Waals surface area contributed by atoms with Crippen LogP contribution in [0.1, 0.15) is 41.0 Å². The molecule has 196 valence electrons. The number of carbonyl (C=O) groups is 2. The number of nitrogens with zero attached hydrogens (tertiary/aromatic N) is 3. The van der Waals surface area contributed by atoms with Crippen molar-refractivity contribution >= 4 is 33.4 Å². The molecule has 1 N–H and O–H groups in total. The number of hydrogen-bond acceptors (Lipinski definition) is 5. The number of anilines is 2. The lowest BCUT2D eigenvalue weighted by Gasteiger charge is -2.40. The second kappa shape index (κ2) is 10.9. The summed E-state index contributed by atoms with van der Waals surface area (Å²) in [7, 11) is -2.38. The van der Waals surface area contributed by atoms with Gasteiger partial charge in [-0.2, -0.15) is 4.31 Å². The molecule has 0 aliphatic carbocycles. The van der Waals surface area contributed by atoms with E-state index in [0.29, 0.717) is 42.0 Å². The molecule has 2 aromatic carbocycles. The smallest absolute Gasteiger partial charge is 0.411 e.